The van der Waals surface area contributed by atoms with Gasteiger partial charge in [0.15, 0.2) is 5.13 Å². The number of nitrogens with one attached hydrogen (secondary N) is 1. The highest BCUT2D eigenvalue weighted by Crippen LogP contribution is 2.27. The monoisotopic (exact) mass is 426 g/mol. The van der Waals surface area contributed by atoms with Crippen LogP contribution in [0.1, 0.15) is 11.6 Å². The summed E-state index contributed by atoms with van der Waals surface area (Å²) in [6, 6.07) is 14.7. The lowest BCUT2D eigenvalue weighted by Gasteiger charge is -2.27. The van der Waals surface area contributed by atoms with Crippen molar-refractivity contribution in [3.63, 3.8) is 0 Å². The highest BCUT2D eigenvalue weighted by atomic mass is 32.1. The van der Waals surface area contributed by atoms with E-state index in [0.717, 1.165) is 11.1 Å². The van der Waals surface area contributed by atoms with Gasteiger partial charge in [-0.15, -0.1) is 11.3 Å². The summed E-state index contributed by atoms with van der Waals surface area (Å²) in [6.45, 7) is 0.0959. The molecule has 3 rings (SSSR count). The summed E-state index contributed by atoms with van der Waals surface area (Å²) >= 11 is 1.29. The number of carbonyl (C=O) groups is 2. The lowest BCUT2D eigenvalue weighted by molar-refractivity contribution is -0.131. The molecule has 0 spiro atoms. The molecule has 156 valence electrons. The van der Waals surface area contributed by atoms with Crippen molar-refractivity contribution in [2.24, 2.45) is 0 Å². The van der Waals surface area contributed by atoms with Crippen LogP contribution in [0.3, 0.4) is 0 Å². The van der Waals surface area contributed by atoms with Gasteiger partial charge in [-0.2, -0.15) is 0 Å². The van der Waals surface area contributed by atoms with Crippen molar-refractivity contribution in [2.45, 2.75) is 6.04 Å². The molecule has 0 bridgehead atoms. The number of carbonyl (C=O) groups excluding carboxylic acids is 2. The molecule has 1 heterocycles. The van der Waals surface area contributed by atoms with E-state index in [1.165, 1.54) is 28.4 Å². The van der Waals surface area contributed by atoms with Crippen LogP contribution < -0.4 is 5.32 Å². The lowest BCUT2D eigenvalue weighted by Crippen LogP contribution is -2.41. The van der Waals surface area contributed by atoms with Crippen LogP contribution in [0, 0.1) is 5.82 Å². The number of hydrogen-bond acceptors (Lipinski definition) is 5. The van der Waals surface area contributed by atoms with Gasteiger partial charge in [0.1, 0.15) is 11.9 Å². The minimum Gasteiger partial charge on any atom is -0.348 e. The van der Waals surface area contributed by atoms with Crippen LogP contribution in [0.25, 0.3) is 11.3 Å². The Morgan fingerprint density at radius 3 is 2.37 bits per heavy atom. The third-order valence-corrected chi connectivity index (χ3v) is 5.32. The molecule has 6 nitrogen and oxygen atoms in total. The normalized spacial score (nSPS) is 11.9. The Kier molecular flexibility index (Phi) is 6.91. The van der Waals surface area contributed by atoms with E-state index >= 15 is 0 Å². The Morgan fingerprint density at radius 2 is 1.73 bits per heavy atom. The maximum atomic E-state index is 13.1. The first-order valence-corrected chi connectivity index (χ1v) is 10.2. The maximum absolute atomic E-state index is 13.1. The highest BCUT2D eigenvalue weighted by molar-refractivity contribution is 7.14. The van der Waals surface area contributed by atoms with Gasteiger partial charge in [0.2, 0.25) is 11.8 Å². The molecule has 1 atom stereocenters. The largest absolute Gasteiger partial charge is 0.348 e. The molecule has 2 aromatic carbocycles. The Bertz CT molecular complexity index is 1010. The molecule has 0 unspecified atom stereocenters. The molecule has 1 N–H and O–H groups in total. The minimum absolute atomic E-state index is 0.0959. The molecule has 1 aromatic heterocycles. The molecular weight excluding hydrogens is 403 g/mol. The van der Waals surface area contributed by atoms with Gasteiger partial charge < -0.3 is 10.2 Å². The molecule has 2 amide bonds. The number of hydrogen-bond donors (Lipinski definition) is 1. The van der Waals surface area contributed by atoms with Gasteiger partial charge in [0.05, 0.1) is 12.2 Å². The van der Waals surface area contributed by atoms with E-state index in [-0.39, 0.29) is 24.2 Å². The van der Waals surface area contributed by atoms with Gasteiger partial charge in [-0.25, -0.2) is 9.37 Å². The van der Waals surface area contributed by atoms with Gasteiger partial charge in [-0.1, -0.05) is 30.3 Å². The average molecular weight is 427 g/mol. The first-order valence-electron chi connectivity index (χ1n) is 9.33. The van der Waals surface area contributed by atoms with Gasteiger partial charge in [0.25, 0.3) is 0 Å². The minimum atomic E-state index is -0.659. The molecule has 0 saturated heterocycles. The van der Waals surface area contributed by atoms with Crippen molar-refractivity contribution in [3.05, 3.63) is 71.4 Å². The fourth-order valence-corrected chi connectivity index (χ4v) is 3.67. The molecule has 0 saturated carbocycles. The summed E-state index contributed by atoms with van der Waals surface area (Å²) in [7, 11) is 5.10. The molecule has 0 aliphatic heterocycles. The van der Waals surface area contributed by atoms with Crippen molar-refractivity contribution in [1.82, 2.24) is 14.8 Å². The van der Waals surface area contributed by atoms with E-state index in [1.54, 1.807) is 43.6 Å². The highest BCUT2D eigenvalue weighted by Gasteiger charge is 2.27. The molecule has 30 heavy (non-hydrogen) atoms. The summed E-state index contributed by atoms with van der Waals surface area (Å²) in [5.41, 5.74) is 2.20. The Balaban J connectivity index is 1.80. The van der Waals surface area contributed by atoms with Crippen LogP contribution in [0.15, 0.2) is 60.0 Å². The predicted octanol–water partition coefficient (Wildman–Crippen LogP) is 3.65. The molecule has 0 aliphatic carbocycles. The molecule has 3 aromatic rings. The number of benzene rings is 2. The molecular formula is C22H23FN4O2S. The summed E-state index contributed by atoms with van der Waals surface area (Å²) in [4.78, 5) is 33.0. The van der Waals surface area contributed by atoms with E-state index in [1.807, 2.05) is 30.3 Å². The summed E-state index contributed by atoms with van der Waals surface area (Å²) < 4.78 is 13.1. The number of aromatic nitrogens is 1. The van der Waals surface area contributed by atoms with Crippen molar-refractivity contribution in [2.75, 3.05) is 33.0 Å². The van der Waals surface area contributed by atoms with E-state index in [9.17, 15) is 14.0 Å². The fraction of sp³-hybridized carbons (Fsp3) is 0.227. The van der Waals surface area contributed by atoms with E-state index < -0.39 is 6.04 Å². The van der Waals surface area contributed by atoms with Crippen LogP contribution in [0.2, 0.25) is 0 Å². The number of rotatable bonds is 7. The number of nitrogens with zero attached hydrogens (tertiary/aromatic N) is 3. The predicted molar refractivity (Wildman–Crippen MR) is 117 cm³/mol. The molecule has 8 heteroatoms. The van der Waals surface area contributed by atoms with Crippen molar-refractivity contribution in [1.29, 1.82) is 0 Å². The average Bonchev–Trinajstić information content (AvgIpc) is 3.17. The van der Waals surface area contributed by atoms with Gasteiger partial charge in [0, 0.05) is 25.0 Å². The third kappa shape index (κ3) is 5.28. The van der Waals surface area contributed by atoms with Gasteiger partial charge >= 0.3 is 0 Å². The zero-order chi connectivity index (χ0) is 21.7. The lowest BCUT2D eigenvalue weighted by atomic mass is 10.0. The second-order valence-electron chi connectivity index (χ2n) is 7.05. The van der Waals surface area contributed by atoms with Crippen LogP contribution in [0.5, 0.6) is 0 Å². The molecule has 0 aliphatic rings. The van der Waals surface area contributed by atoms with Gasteiger partial charge in [-0.05, 0) is 36.9 Å². The van der Waals surface area contributed by atoms with Crippen LogP contribution in [-0.4, -0.2) is 54.3 Å². The smallest absolute Gasteiger partial charge is 0.248 e. The SMILES string of the molecule is CN(C)C(=O)CN(C)[C@@H](C(=O)Nc1nc(-c2ccc(F)cc2)cs1)c1ccccc1. The molecule has 0 radical (unpaired) electrons. The number of amides is 2. The van der Waals surface area contributed by atoms with Crippen molar-refractivity contribution >= 4 is 28.3 Å². The second kappa shape index (κ2) is 9.60. The second-order valence-corrected chi connectivity index (χ2v) is 7.91. The van der Waals surface area contributed by atoms with Crippen LogP contribution in [0.4, 0.5) is 9.52 Å². The van der Waals surface area contributed by atoms with Gasteiger partial charge in [-0.3, -0.25) is 14.5 Å². The molecule has 0 fully saturated rings. The number of thiazole rings is 1. The van der Waals surface area contributed by atoms with Crippen molar-refractivity contribution < 1.29 is 14.0 Å². The Hall–Kier alpha value is -3.10. The first kappa shape index (κ1) is 21.6. The topological polar surface area (TPSA) is 65.5 Å². The maximum Gasteiger partial charge on any atom is 0.248 e. The Labute approximate surface area is 179 Å². The van der Waals surface area contributed by atoms with Crippen LogP contribution in [-0.2, 0) is 9.59 Å². The quantitative estimate of drug-likeness (QED) is 0.626. The fourth-order valence-electron chi connectivity index (χ4n) is 2.95. The number of likely N-dealkylation sites (N-methyl/N-ethyl adjacent to an activating group) is 2. The number of halogens is 1. The number of anilines is 1. The van der Waals surface area contributed by atoms with Crippen LogP contribution >= 0.6 is 11.3 Å². The Morgan fingerprint density at radius 1 is 1.07 bits per heavy atom. The zero-order valence-corrected chi connectivity index (χ0v) is 17.8. The summed E-state index contributed by atoms with van der Waals surface area (Å²) in [5, 5.41) is 5.10. The zero-order valence-electron chi connectivity index (χ0n) is 17.0. The standard InChI is InChI=1S/C22H23FN4O2S/c1-26(2)19(28)13-27(3)20(16-7-5-4-6-8-16)21(29)25-22-24-18(14-30-22)15-9-11-17(23)12-10-15/h4-12,14,20H,13H2,1-3H3,(H,24,25,29)/t20-/m1/s1. The first-order chi connectivity index (χ1) is 14.3. The third-order valence-electron chi connectivity index (χ3n) is 4.56. The van der Waals surface area contributed by atoms with E-state index in [0.29, 0.717) is 10.8 Å². The summed E-state index contributed by atoms with van der Waals surface area (Å²) in [5.74, 6) is -0.696. The van der Waals surface area contributed by atoms with Crippen molar-refractivity contribution in [3.8, 4) is 11.3 Å². The summed E-state index contributed by atoms with van der Waals surface area (Å²) in [6.07, 6.45) is 0. The van der Waals surface area contributed by atoms with E-state index in [2.05, 4.69) is 10.3 Å². The van der Waals surface area contributed by atoms with E-state index in [4.69, 9.17) is 0 Å².